The first-order valence-electron chi connectivity index (χ1n) is 5.83. The van der Waals surface area contributed by atoms with Crippen LogP contribution in [-0.4, -0.2) is 22.5 Å². The van der Waals surface area contributed by atoms with Gasteiger partial charge in [0, 0.05) is 18.1 Å². The van der Waals surface area contributed by atoms with Crippen molar-refractivity contribution < 1.29 is 9.90 Å². The number of thiazole rings is 1. The van der Waals surface area contributed by atoms with Gasteiger partial charge in [-0.2, -0.15) is 0 Å². The highest BCUT2D eigenvalue weighted by Gasteiger charge is 2.14. The summed E-state index contributed by atoms with van der Waals surface area (Å²) in [6.07, 6.45) is 4.47. The Morgan fingerprint density at radius 1 is 1.42 bits per heavy atom. The number of hydrogen-bond acceptors (Lipinski definition) is 5. The first-order chi connectivity index (χ1) is 9.25. The number of nitrogens with zero attached hydrogens (tertiary/aromatic N) is 2. The summed E-state index contributed by atoms with van der Waals surface area (Å²) in [4.78, 5) is 20.3. The fourth-order valence-electron chi connectivity index (χ4n) is 1.96. The van der Waals surface area contributed by atoms with Crippen molar-refractivity contribution in [1.29, 1.82) is 0 Å². The maximum Gasteiger partial charge on any atom is 0.261 e. The van der Waals surface area contributed by atoms with Crippen LogP contribution in [0.1, 0.15) is 16.8 Å². The zero-order valence-electron chi connectivity index (χ0n) is 9.96. The number of hydrogen-bond donors (Lipinski definition) is 2. The minimum Gasteiger partial charge on any atom is -0.505 e. The van der Waals surface area contributed by atoms with Crippen LogP contribution >= 0.6 is 11.3 Å². The summed E-state index contributed by atoms with van der Waals surface area (Å²) < 4.78 is 0. The van der Waals surface area contributed by atoms with Crippen molar-refractivity contribution in [1.82, 2.24) is 4.98 Å². The molecule has 0 saturated carbocycles. The normalized spacial score (nSPS) is 13.1. The Morgan fingerprint density at radius 2 is 2.32 bits per heavy atom. The topological polar surface area (TPSA) is 74.6 Å². The molecule has 0 saturated heterocycles. The molecular formula is C13H11N3O2S. The molecule has 0 atom stereocenters. The number of phenolic OH excluding ortho intramolecular Hbond substituents is 1. The summed E-state index contributed by atoms with van der Waals surface area (Å²) in [5.41, 5.74) is 0.216. The van der Waals surface area contributed by atoms with Crippen molar-refractivity contribution in [3.8, 4) is 5.75 Å². The molecule has 19 heavy (non-hydrogen) atoms. The van der Waals surface area contributed by atoms with Gasteiger partial charge < -0.3 is 5.11 Å². The van der Waals surface area contributed by atoms with Gasteiger partial charge in [0.25, 0.3) is 5.91 Å². The van der Waals surface area contributed by atoms with Crippen LogP contribution in [-0.2, 0) is 0 Å². The van der Waals surface area contributed by atoms with Crippen LogP contribution in [0.25, 0.3) is 6.08 Å². The van der Waals surface area contributed by atoms with Crippen molar-refractivity contribution in [2.45, 2.75) is 6.42 Å². The number of phenols is 1. The van der Waals surface area contributed by atoms with Crippen LogP contribution in [0.2, 0.25) is 0 Å². The van der Waals surface area contributed by atoms with E-state index in [1.807, 2.05) is 6.08 Å². The van der Waals surface area contributed by atoms with E-state index >= 15 is 0 Å². The molecule has 96 valence electrons. The van der Waals surface area contributed by atoms with E-state index < -0.39 is 0 Å². The first-order valence-corrected chi connectivity index (χ1v) is 6.71. The quantitative estimate of drug-likeness (QED) is 0.854. The highest BCUT2D eigenvalue weighted by Crippen LogP contribution is 2.15. The lowest BCUT2D eigenvalue weighted by Gasteiger charge is -2.07. The van der Waals surface area contributed by atoms with Gasteiger partial charge in [0.2, 0.25) is 0 Å². The maximum absolute atomic E-state index is 12.1. The Bertz CT molecular complexity index is 738. The fourth-order valence-corrected chi connectivity index (χ4v) is 2.48. The summed E-state index contributed by atoms with van der Waals surface area (Å²) >= 11 is 1.33. The monoisotopic (exact) mass is 273 g/mol. The van der Waals surface area contributed by atoms with Gasteiger partial charge >= 0.3 is 0 Å². The summed E-state index contributed by atoms with van der Waals surface area (Å²) in [6, 6.07) is 3.41. The third-order valence-electron chi connectivity index (χ3n) is 2.84. The summed E-state index contributed by atoms with van der Waals surface area (Å²) in [6.45, 7) is 0.637. The zero-order chi connectivity index (χ0) is 13.2. The molecule has 1 aromatic heterocycles. The van der Waals surface area contributed by atoms with Gasteiger partial charge in [-0.05, 0) is 17.7 Å². The SMILES string of the molecule is O=C(Nc1nccs1)c1ccc2c(c1O)=NCCC=2. The molecule has 0 aliphatic carbocycles. The van der Waals surface area contributed by atoms with E-state index in [1.54, 1.807) is 23.7 Å². The molecule has 1 amide bonds. The van der Waals surface area contributed by atoms with Crippen molar-refractivity contribution >= 4 is 28.5 Å². The number of fused-ring (bicyclic) bond motifs is 1. The number of nitrogens with one attached hydrogen (secondary N) is 1. The number of anilines is 1. The Hall–Kier alpha value is -2.21. The van der Waals surface area contributed by atoms with E-state index in [0.29, 0.717) is 17.0 Å². The number of amides is 1. The number of aromatic hydroxyl groups is 1. The van der Waals surface area contributed by atoms with Gasteiger partial charge in [0.15, 0.2) is 10.9 Å². The second kappa shape index (κ2) is 4.81. The average molecular weight is 273 g/mol. The Labute approximate surface area is 113 Å². The van der Waals surface area contributed by atoms with Crippen LogP contribution in [0.15, 0.2) is 28.7 Å². The third kappa shape index (κ3) is 2.22. The molecule has 2 aromatic rings. The maximum atomic E-state index is 12.1. The predicted octanol–water partition coefficient (Wildman–Crippen LogP) is 0.905. The minimum absolute atomic E-state index is 0.0671. The van der Waals surface area contributed by atoms with E-state index in [2.05, 4.69) is 15.3 Å². The molecule has 5 nitrogen and oxygen atoms in total. The van der Waals surface area contributed by atoms with E-state index in [-0.39, 0.29) is 17.2 Å². The second-order valence-electron chi connectivity index (χ2n) is 4.07. The smallest absolute Gasteiger partial charge is 0.261 e. The molecule has 1 aliphatic rings. The lowest BCUT2D eigenvalue weighted by atomic mass is 10.1. The van der Waals surface area contributed by atoms with E-state index in [4.69, 9.17) is 0 Å². The Kier molecular flexibility index (Phi) is 3.00. The summed E-state index contributed by atoms with van der Waals surface area (Å²) in [5, 5.41) is 16.4. The van der Waals surface area contributed by atoms with Gasteiger partial charge in [-0.25, -0.2) is 4.98 Å². The van der Waals surface area contributed by atoms with Crippen LogP contribution in [0.5, 0.6) is 5.75 Å². The van der Waals surface area contributed by atoms with Crippen molar-refractivity contribution in [2.24, 2.45) is 4.99 Å². The zero-order valence-corrected chi connectivity index (χ0v) is 10.8. The van der Waals surface area contributed by atoms with Crippen molar-refractivity contribution in [3.05, 3.63) is 39.8 Å². The molecule has 0 bridgehead atoms. The van der Waals surface area contributed by atoms with Crippen LogP contribution < -0.4 is 15.9 Å². The molecule has 0 spiro atoms. The Morgan fingerprint density at radius 3 is 3.11 bits per heavy atom. The molecule has 6 heteroatoms. The molecule has 1 aromatic carbocycles. The highest BCUT2D eigenvalue weighted by molar-refractivity contribution is 7.13. The van der Waals surface area contributed by atoms with Crippen LogP contribution in [0, 0.1) is 0 Å². The molecule has 2 heterocycles. The van der Waals surface area contributed by atoms with Gasteiger partial charge in [-0.15, -0.1) is 11.3 Å². The van der Waals surface area contributed by atoms with E-state index in [9.17, 15) is 9.90 Å². The van der Waals surface area contributed by atoms with Gasteiger partial charge in [0.05, 0.1) is 5.56 Å². The third-order valence-corrected chi connectivity index (χ3v) is 3.53. The largest absolute Gasteiger partial charge is 0.505 e. The molecule has 0 fully saturated rings. The summed E-state index contributed by atoms with van der Waals surface area (Å²) in [5.74, 6) is -0.446. The average Bonchev–Trinajstić information content (AvgIpc) is 2.92. The van der Waals surface area contributed by atoms with Crippen LogP contribution in [0.3, 0.4) is 0 Å². The molecule has 3 rings (SSSR count). The lowest BCUT2D eigenvalue weighted by Crippen LogP contribution is -2.30. The number of carbonyl (C=O) groups excluding carboxylic acids is 1. The van der Waals surface area contributed by atoms with Crippen molar-refractivity contribution in [2.75, 3.05) is 11.9 Å². The summed E-state index contributed by atoms with van der Waals surface area (Å²) in [7, 11) is 0. The number of carbonyl (C=O) groups is 1. The number of benzene rings is 1. The first kappa shape index (κ1) is 11.9. The van der Waals surface area contributed by atoms with Gasteiger partial charge in [-0.1, -0.05) is 12.1 Å². The molecule has 0 radical (unpaired) electrons. The van der Waals surface area contributed by atoms with E-state index in [1.165, 1.54) is 11.3 Å². The number of rotatable bonds is 2. The van der Waals surface area contributed by atoms with Gasteiger partial charge in [0.1, 0.15) is 5.36 Å². The highest BCUT2D eigenvalue weighted by atomic mass is 32.1. The standard InChI is InChI=1S/C13H11N3O2S/c17-11-9(12(18)16-13-15-6-7-19-13)4-3-8-2-1-5-14-10(8)11/h2-4,6-7,17H,1,5H2,(H,15,16,18). The van der Waals surface area contributed by atoms with E-state index in [0.717, 1.165) is 11.6 Å². The van der Waals surface area contributed by atoms with Gasteiger partial charge in [-0.3, -0.25) is 15.1 Å². The predicted molar refractivity (Wildman–Crippen MR) is 72.9 cm³/mol. The lowest BCUT2D eigenvalue weighted by molar-refractivity contribution is 0.102. The van der Waals surface area contributed by atoms with Crippen molar-refractivity contribution in [3.63, 3.8) is 0 Å². The molecule has 2 N–H and O–H groups in total. The Balaban J connectivity index is 2.00. The van der Waals surface area contributed by atoms with Crippen LogP contribution in [0.4, 0.5) is 5.13 Å². The second-order valence-corrected chi connectivity index (χ2v) is 4.96. The molecular weight excluding hydrogens is 262 g/mol. The fraction of sp³-hybridized carbons (Fsp3) is 0.154. The number of aromatic nitrogens is 1. The molecule has 0 unspecified atom stereocenters. The molecule has 1 aliphatic heterocycles. The minimum atomic E-state index is -0.379.